The number of rotatable bonds is 2. The van der Waals surface area contributed by atoms with Crippen LogP contribution in [0, 0.1) is 50.6 Å². The minimum absolute atomic E-state index is 0.0341. The van der Waals surface area contributed by atoms with Gasteiger partial charge in [-0.25, -0.2) is 4.39 Å². The van der Waals surface area contributed by atoms with Gasteiger partial charge in [-0.15, -0.1) is 0 Å². The van der Waals surface area contributed by atoms with Crippen LogP contribution in [0.2, 0.25) is 0 Å². The summed E-state index contributed by atoms with van der Waals surface area (Å²) in [4.78, 5) is 27.3. The van der Waals surface area contributed by atoms with Crippen LogP contribution in [0.1, 0.15) is 105 Å². The molecule has 5 aliphatic rings. The summed E-state index contributed by atoms with van der Waals surface area (Å²) in [6, 6.07) is 6.71. The number of hydrogen-bond donors (Lipinski definition) is 1. The number of nitrogens with zero attached hydrogens (tertiary/aromatic N) is 2. The van der Waals surface area contributed by atoms with Crippen LogP contribution in [-0.2, 0) is 28.5 Å². The van der Waals surface area contributed by atoms with Crippen LogP contribution in [0.3, 0.4) is 0 Å². The quantitative estimate of drug-likeness (QED) is 0.376. The van der Waals surface area contributed by atoms with Crippen LogP contribution in [0.5, 0.6) is 0 Å². The summed E-state index contributed by atoms with van der Waals surface area (Å²) in [6.45, 7) is 16.1. The highest BCUT2D eigenvalue weighted by Crippen LogP contribution is 2.75. The van der Waals surface area contributed by atoms with Crippen molar-refractivity contribution >= 4 is 11.8 Å². The van der Waals surface area contributed by atoms with E-state index in [4.69, 9.17) is 5.10 Å². The first kappa shape index (κ1) is 29.9. The number of halogens is 1. The van der Waals surface area contributed by atoms with E-state index in [1.54, 1.807) is 0 Å². The molecule has 1 aromatic heterocycles. The Morgan fingerprint density at radius 1 is 0.977 bits per heavy atom. The lowest BCUT2D eigenvalue weighted by atomic mass is 9.33. The zero-order valence-electron chi connectivity index (χ0n) is 27.8. The summed E-state index contributed by atoms with van der Waals surface area (Å²) in [6.07, 6.45) is 9.13. The van der Waals surface area contributed by atoms with Gasteiger partial charge in [-0.3, -0.25) is 14.3 Å². The average Bonchev–Trinajstić information content (AvgIpc) is 3.27. The first-order valence-corrected chi connectivity index (χ1v) is 16.7. The van der Waals surface area contributed by atoms with Crippen molar-refractivity contribution in [1.29, 1.82) is 0 Å². The molecule has 5 aliphatic carbocycles. The van der Waals surface area contributed by atoms with E-state index in [1.165, 1.54) is 23.3 Å². The number of aromatic nitrogens is 2. The third kappa shape index (κ3) is 3.60. The third-order valence-electron chi connectivity index (χ3n) is 14.7. The van der Waals surface area contributed by atoms with E-state index in [-0.39, 0.29) is 56.4 Å². The highest BCUT2D eigenvalue weighted by atomic mass is 19.1. The zero-order chi connectivity index (χ0) is 31.8. The monoisotopic (exact) mass is 600 g/mol. The Morgan fingerprint density at radius 3 is 2.30 bits per heavy atom. The maximum Gasteiger partial charge on any atom is 0.309 e. The van der Waals surface area contributed by atoms with Gasteiger partial charge in [-0.1, -0.05) is 47.1 Å². The molecule has 8 unspecified atom stereocenters. The van der Waals surface area contributed by atoms with Gasteiger partial charge >= 0.3 is 5.97 Å². The number of carbonyl (C=O) groups excluding carboxylic acids is 1. The van der Waals surface area contributed by atoms with Gasteiger partial charge in [0.25, 0.3) is 0 Å². The van der Waals surface area contributed by atoms with Crippen molar-refractivity contribution in [3.8, 4) is 11.3 Å². The van der Waals surface area contributed by atoms with E-state index in [9.17, 15) is 19.1 Å². The standard InChI is InChI=1S/C38H49FN2O3/c1-33(2)28-13-14-38(7)30(36(28,5)20-24-29(41(8)40-31(24)33)22-9-11-23(39)12-10-22)27(42)19-25-26-21-35(4,32(43)44)16-15-34(26,3)17-18-37(25,38)6/h9-12,19,26,28,30H,13-18,20-21H2,1-8H3,(H,43,44). The number of carbonyl (C=O) groups is 2. The molecule has 1 aromatic carbocycles. The fraction of sp³-hybridized carbons (Fsp3) is 0.658. The van der Waals surface area contributed by atoms with Crippen molar-refractivity contribution in [2.24, 2.45) is 51.9 Å². The lowest BCUT2D eigenvalue weighted by molar-refractivity contribution is -0.173. The third-order valence-corrected chi connectivity index (χ3v) is 14.7. The molecule has 1 heterocycles. The molecular formula is C38H49FN2O3. The highest BCUT2D eigenvalue weighted by molar-refractivity contribution is 5.96. The van der Waals surface area contributed by atoms with Gasteiger partial charge in [0.1, 0.15) is 5.82 Å². The zero-order valence-corrected chi connectivity index (χ0v) is 27.8. The Labute approximate surface area is 261 Å². The molecule has 0 radical (unpaired) electrons. The average molecular weight is 601 g/mol. The number of aryl methyl sites for hydroxylation is 1. The Bertz CT molecular complexity index is 1620. The number of benzene rings is 1. The number of ketones is 1. The van der Waals surface area contributed by atoms with Gasteiger partial charge in [-0.2, -0.15) is 5.10 Å². The van der Waals surface area contributed by atoms with E-state index >= 15 is 0 Å². The molecule has 3 saturated carbocycles. The molecule has 6 heteroatoms. The fourth-order valence-electron chi connectivity index (χ4n) is 11.9. The molecule has 1 N–H and O–H groups in total. The molecule has 44 heavy (non-hydrogen) atoms. The summed E-state index contributed by atoms with van der Waals surface area (Å²) in [7, 11) is 1.99. The van der Waals surface area contributed by atoms with Crippen molar-refractivity contribution in [3.05, 3.63) is 53.0 Å². The van der Waals surface area contributed by atoms with Crippen molar-refractivity contribution < 1.29 is 19.1 Å². The van der Waals surface area contributed by atoms with E-state index in [0.717, 1.165) is 55.5 Å². The molecule has 2 aromatic rings. The molecule has 0 spiro atoms. The topological polar surface area (TPSA) is 72.2 Å². The van der Waals surface area contributed by atoms with E-state index in [1.807, 2.05) is 36.9 Å². The summed E-state index contributed by atoms with van der Waals surface area (Å²) in [5.74, 6) is -0.464. The van der Waals surface area contributed by atoms with Crippen molar-refractivity contribution in [3.63, 3.8) is 0 Å². The van der Waals surface area contributed by atoms with Crippen molar-refractivity contribution in [2.75, 3.05) is 0 Å². The van der Waals surface area contributed by atoms with Crippen molar-refractivity contribution in [1.82, 2.24) is 9.78 Å². The van der Waals surface area contributed by atoms with Gasteiger partial charge in [0.05, 0.1) is 16.8 Å². The predicted octanol–water partition coefficient (Wildman–Crippen LogP) is 8.31. The summed E-state index contributed by atoms with van der Waals surface area (Å²) in [5, 5.41) is 15.3. The summed E-state index contributed by atoms with van der Waals surface area (Å²) in [5.41, 5.74) is 3.88. The Morgan fingerprint density at radius 2 is 1.64 bits per heavy atom. The van der Waals surface area contributed by atoms with Gasteiger partial charge in [0.2, 0.25) is 0 Å². The lowest BCUT2D eigenvalue weighted by Gasteiger charge is -2.69. The number of hydrogen-bond acceptors (Lipinski definition) is 3. The summed E-state index contributed by atoms with van der Waals surface area (Å²) < 4.78 is 15.9. The molecule has 3 fully saturated rings. The second-order valence-electron chi connectivity index (χ2n) is 17.3. The first-order valence-electron chi connectivity index (χ1n) is 16.7. The number of carboxylic acids is 1. The summed E-state index contributed by atoms with van der Waals surface area (Å²) >= 11 is 0. The van der Waals surface area contributed by atoms with Gasteiger partial charge < -0.3 is 5.11 Å². The number of carboxylic acid groups (broad SMARTS) is 1. The molecule has 7 rings (SSSR count). The number of aliphatic carboxylic acids is 1. The van der Waals surface area contributed by atoms with E-state index < -0.39 is 11.4 Å². The molecule has 5 nitrogen and oxygen atoms in total. The molecular weight excluding hydrogens is 551 g/mol. The second kappa shape index (κ2) is 8.94. The number of allylic oxidation sites excluding steroid dienone is 2. The minimum Gasteiger partial charge on any atom is -0.481 e. The second-order valence-corrected chi connectivity index (χ2v) is 17.3. The van der Waals surface area contributed by atoms with Gasteiger partial charge in [-0.05, 0) is 122 Å². The lowest BCUT2D eigenvalue weighted by Crippen LogP contribution is -2.66. The molecule has 8 atom stereocenters. The molecule has 236 valence electrons. The molecule has 0 amide bonds. The van der Waals surface area contributed by atoms with Gasteiger partial charge in [0.15, 0.2) is 5.78 Å². The van der Waals surface area contributed by atoms with Crippen LogP contribution < -0.4 is 0 Å². The molecule has 0 saturated heterocycles. The first-order chi connectivity index (χ1) is 20.4. The maximum atomic E-state index is 14.8. The van der Waals surface area contributed by atoms with Gasteiger partial charge in [0, 0.05) is 29.5 Å². The Hall–Kier alpha value is -2.76. The largest absolute Gasteiger partial charge is 0.481 e. The number of fused-ring (bicyclic) bond motifs is 8. The van der Waals surface area contributed by atoms with Crippen LogP contribution in [0.25, 0.3) is 11.3 Å². The maximum absolute atomic E-state index is 14.8. The smallest absolute Gasteiger partial charge is 0.309 e. The molecule has 0 aliphatic heterocycles. The molecule has 0 bridgehead atoms. The van der Waals surface area contributed by atoms with Crippen LogP contribution in [-0.4, -0.2) is 26.6 Å². The minimum atomic E-state index is -0.755. The predicted molar refractivity (Wildman–Crippen MR) is 169 cm³/mol. The Balaban J connectivity index is 1.37. The van der Waals surface area contributed by atoms with E-state index in [2.05, 4.69) is 41.5 Å². The SMILES string of the molecule is Cn1nc2c(c1-c1ccc(F)cc1)CC1(C)C(CCC3(C)C1C(=O)C=C1C4CC(C)(C(=O)O)CCC4(C)CCC13C)C2(C)C. The van der Waals surface area contributed by atoms with Crippen LogP contribution in [0.4, 0.5) is 4.39 Å². The highest BCUT2D eigenvalue weighted by Gasteiger charge is 2.70. The van der Waals surface area contributed by atoms with Crippen LogP contribution in [0.15, 0.2) is 35.9 Å². The Kier molecular flexibility index (Phi) is 6.08. The van der Waals surface area contributed by atoms with Crippen LogP contribution >= 0.6 is 0 Å². The fourth-order valence-corrected chi connectivity index (χ4v) is 11.9. The van der Waals surface area contributed by atoms with Crippen molar-refractivity contribution in [2.45, 2.75) is 105 Å². The normalized spacial score (nSPS) is 42.2. The van der Waals surface area contributed by atoms with E-state index in [0.29, 0.717) is 12.8 Å².